The van der Waals surface area contributed by atoms with Crippen molar-refractivity contribution in [3.63, 3.8) is 0 Å². The van der Waals surface area contributed by atoms with Crippen molar-refractivity contribution >= 4 is 6.21 Å². The summed E-state index contributed by atoms with van der Waals surface area (Å²) >= 11 is 0. The Labute approximate surface area is 151 Å². The molecule has 1 aromatic heterocycles. The van der Waals surface area contributed by atoms with Gasteiger partial charge in [0.15, 0.2) is 0 Å². The Balaban J connectivity index is 1.80. The van der Waals surface area contributed by atoms with Gasteiger partial charge in [-0.2, -0.15) is 5.10 Å². The molecule has 0 spiro atoms. The number of piperazine rings is 1. The monoisotopic (exact) mass is 357 g/mol. The zero-order valence-corrected chi connectivity index (χ0v) is 14.8. The molecule has 1 saturated heterocycles. The third-order valence-electron chi connectivity index (χ3n) is 4.50. The van der Waals surface area contributed by atoms with Gasteiger partial charge in [0.05, 0.1) is 6.21 Å². The molecule has 0 amide bonds. The van der Waals surface area contributed by atoms with Crippen LogP contribution in [0.5, 0.6) is 5.88 Å². The number of hydrogen-bond donors (Lipinski definition) is 2. The molecule has 1 fully saturated rings. The smallest absolute Gasteiger partial charge is 0.331 e. The highest BCUT2D eigenvalue weighted by Gasteiger charge is 2.15. The van der Waals surface area contributed by atoms with Crippen LogP contribution in [-0.2, 0) is 13.0 Å². The summed E-state index contributed by atoms with van der Waals surface area (Å²) in [5.74, 6) is -0.354. The maximum atomic E-state index is 12.1. The molecule has 0 saturated carbocycles. The number of likely N-dealkylation sites (N-methyl/N-ethyl adjacent to an activating group) is 1. The van der Waals surface area contributed by atoms with Gasteiger partial charge in [0.1, 0.15) is 5.56 Å². The largest absolute Gasteiger partial charge is 0.494 e. The molecule has 0 aliphatic carbocycles. The first-order valence-corrected chi connectivity index (χ1v) is 8.62. The fourth-order valence-corrected chi connectivity index (χ4v) is 2.84. The number of nitrogens with zero attached hydrogens (tertiary/aromatic N) is 4. The number of aromatic nitrogens is 2. The molecule has 3 rings (SSSR count). The summed E-state index contributed by atoms with van der Waals surface area (Å²) in [5, 5.41) is 16.6. The zero-order chi connectivity index (χ0) is 18.5. The van der Waals surface area contributed by atoms with Crippen LogP contribution >= 0.6 is 0 Å². The average molecular weight is 357 g/mol. The number of aryl methyl sites for hydroxylation is 1. The molecule has 138 valence electrons. The maximum Gasteiger partial charge on any atom is 0.331 e. The molecule has 8 heteroatoms. The normalized spacial score (nSPS) is 15.7. The van der Waals surface area contributed by atoms with Crippen LogP contribution in [0.3, 0.4) is 0 Å². The Hall–Kier alpha value is -2.87. The Bertz CT molecular complexity index is 880. The van der Waals surface area contributed by atoms with Gasteiger partial charge in [-0.05, 0) is 19.0 Å². The van der Waals surface area contributed by atoms with E-state index in [4.69, 9.17) is 0 Å². The Morgan fingerprint density at radius 3 is 2.54 bits per heavy atom. The molecule has 2 aromatic rings. The summed E-state index contributed by atoms with van der Waals surface area (Å²) in [6, 6.07) is 9.64. The van der Waals surface area contributed by atoms with Crippen molar-refractivity contribution in [2.75, 3.05) is 33.2 Å². The summed E-state index contributed by atoms with van der Waals surface area (Å²) in [5.41, 5.74) is -0.226. The third-order valence-corrected chi connectivity index (χ3v) is 4.50. The van der Waals surface area contributed by atoms with Gasteiger partial charge in [-0.25, -0.2) is 4.79 Å². The number of hydrogen-bond acceptors (Lipinski definition) is 6. The van der Waals surface area contributed by atoms with Crippen molar-refractivity contribution in [3.8, 4) is 5.88 Å². The van der Waals surface area contributed by atoms with Crippen molar-refractivity contribution in [1.29, 1.82) is 0 Å². The molecule has 8 nitrogen and oxygen atoms in total. The fraction of sp³-hybridized carbons (Fsp3) is 0.389. The Morgan fingerprint density at radius 1 is 1.15 bits per heavy atom. The van der Waals surface area contributed by atoms with E-state index in [-0.39, 0.29) is 18.0 Å². The SMILES string of the molecule is CN1CCN(/N=C/c2c(O)n(CCc3ccccc3)c(=O)[nH]c2=O)CC1. The fourth-order valence-electron chi connectivity index (χ4n) is 2.84. The van der Waals surface area contributed by atoms with Crippen molar-refractivity contribution in [2.45, 2.75) is 13.0 Å². The molecule has 0 radical (unpaired) electrons. The molecule has 26 heavy (non-hydrogen) atoms. The lowest BCUT2D eigenvalue weighted by Crippen LogP contribution is -2.42. The van der Waals surface area contributed by atoms with Gasteiger partial charge in [-0.3, -0.25) is 19.4 Å². The summed E-state index contributed by atoms with van der Waals surface area (Å²) in [6.45, 7) is 3.53. The summed E-state index contributed by atoms with van der Waals surface area (Å²) in [6.07, 6.45) is 1.90. The van der Waals surface area contributed by atoms with E-state index in [1.54, 1.807) is 0 Å². The first-order valence-electron chi connectivity index (χ1n) is 8.62. The van der Waals surface area contributed by atoms with Gasteiger partial charge in [0.25, 0.3) is 5.56 Å². The quantitative estimate of drug-likeness (QED) is 0.739. The average Bonchev–Trinajstić information content (AvgIpc) is 2.63. The zero-order valence-electron chi connectivity index (χ0n) is 14.8. The second-order valence-corrected chi connectivity index (χ2v) is 6.39. The molecule has 2 N–H and O–H groups in total. The number of H-pyrrole nitrogens is 1. The second-order valence-electron chi connectivity index (χ2n) is 6.39. The highest BCUT2D eigenvalue weighted by molar-refractivity contribution is 5.81. The van der Waals surface area contributed by atoms with E-state index in [2.05, 4.69) is 15.0 Å². The molecule has 2 heterocycles. The van der Waals surface area contributed by atoms with E-state index in [9.17, 15) is 14.7 Å². The number of benzene rings is 1. The van der Waals surface area contributed by atoms with E-state index in [0.29, 0.717) is 6.42 Å². The minimum Gasteiger partial charge on any atom is -0.494 e. The van der Waals surface area contributed by atoms with Crippen LogP contribution in [0.25, 0.3) is 0 Å². The summed E-state index contributed by atoms with van der Waals surface area (Å²) < 4.78 is 1.17. The van der Waals surface area contributed by atoms with Gasteiger partial charge in [0.2, 0.25) is 5.88 Å². The second kappa shape index (κ2) is 8.01. The Morgan fingerprint density at radius 2 is 1.85 bits per heavy atom. The van der Waals surface area contributed by atoms with Crippen LogP contribution in [-0.4, -0.2) is 64.0 Å². The van der Waals surface area contributed by atoms with E-state index >= 15 is 0 Å². The van der Waals surface area contributed by atoms with Crippen LogP contribution in [0.4, 0.5) is 0 Å². The maximum absolute atomic E-state index is 12.1. The first kappa shape index (κ1) is 17.9. The van der Waals surface area contributed by atoms with Crippen molar-refractivity contribution in [1.82, 2.24) is 19.5 Å². The van der Waals surface area contributed by atoms with Crippen molar-refractivity contribution in [2.24, 2.45) is 5.10 Å². The number of hydrazone groups is 1. The number of aromatic hydroxyl groups is 1. The minimum atomic E-state index is -0.638. The lowest BCUT2D eigenvalue weighted by Gasteiger charge is -2.30. The highest BCUT2D eigenvalue weighted by atomic mass is 16.3. The lowest BCUT2D eigenvalue weighted by atomic mass is 10.1. The highest BCUT2D eigenvalue weighted by Crippen LogP contribution is 2.10. The minimum absolute atomic E-state index is 0.00316. The van der Waals surface area contributed by atoms with Crippen LogP contribution in [0.15, 0.2) is 45.0 Å². The molecule has 0 atom stereocenters. The van der Waals surface area contributed by atoms with Crippen molar-refractivity contribution < 1.29 is 5.11 Å². The summed E-state index contributed by atoms with van der Waals surface area (Å²) in [4.78, 5) is 28.6. The molecular formula is C18H23N5O3. The lowest BCUT2D eigenvalue weighted by molar-refractivity contribution is 0.159. The predicted molar refractivity (Wildman–Crippen MR) is 99.8 cm³/mol. The van der Waals surface area contributed by atoms with E-state index in [1.807, 2.05) is 42.4 Å². The van der Waals surface area contributed by atoms with Crippen LogP contribution in [0, 0.1) is 0 Å². The van der Waals surface area contributed by atoms with Crippen LogP contribution < -0.4 is 11.2 Å². The van der Waals surface area contributed by atoms with Crippen LogP contribution in [0.2, 0.25) is 0 Å². The Kier molecular flexibility index (Phi) is 5.52. The molecular weight excluding hydrogens is 334 g/mol. The van der Waals surface area contributed by atoms with E-state index < -0.39 is 11.2 Å². The van der Waals surface area contributed by atoms with E-state index in [1.165, 1.54) is 10.8 Å². The van der Waals surface area contributed by atoms with Crippen molar-refractivity contribution in [3.05, 3.63) is 62.3 Å². The van der Waals surface area contributed by atoms with Gasteiger partial charge < -0.3 is 10.0 Å². The molecule has 0 bridgehead atoms. The molecule has 1 aromatic carbocycles. The third kappa shape index (κ3) is 4.20. The number of aromatic amines is 1. The standard InChI is InChI=1S/C18H23N5O3/c1-21-9-11-22(12-10-21)19-13-15-16(24)20-18(26)23(17(15)25)8-7-14-5-3-2-4-6-14/h2-6,13,25H,7-12H2,1H3,(H,20,24,26)/b19-13+. The number of nitrogens with one attached hydrogen (secondary N) is 1. The number of rotatable bonds is 5. The summed E-state index contributed by atoms with van der Waals surface area (Å²) in [7, 11) is 2.04. The topological polar surface area (TPSA) is 93.9 Å². The first-order chi connectivity index (χ1) is 12.5. The molecule has 0 unspecified atom stereocenters. The predicted octanol–water partition coefficient (Wildman–Crippen LogP) is 0.0662. The van der Waals surface area contributed by atoms with Gasteiger partial charge in [-0.15, -0.1) is 0 Å². The van der Waals surface area contributed by atoms with Gasteiger partial charge in [-0.1, -0.05) is 30.3 Å². The van der Waals surface area contributed by atoms with Gasteiger partial charge >= 0.3 is 5.69 Å². The van der Waals surface area contributed by atoms with E-state index in [0.717, 1.165) is 31.7 Å². The van der Waals surface area contributed by atoms with Crippen LogP contribution in [0.1, 0.15) is 11.1 Å². The molecule has 1 aliphatic rings. The van der Waals surface area contributed by atoms with Gasteiger partial charge in [0, 0.05) is 32.7 Å². The molecule has 1 aliphatic heterocycles.